The van der Waals surface area contributed by atoms with Gasteiger partial charge in [0.15, 0.2) is 11.6 Å². The molecule has 0 aromatic heterocycles. The Hall–Kier alpha value is -2.14. The third-order valence-corrected chi connectivity index (χ3v) is 5.09. The first kappa shape index (κ1) is 22.2. The van der Waals surface area contributed by atoms with Gasteiger partial charge in [0.25, 0.3) is 0 Å². The van der Waals surface area contributed by atoms with Gasteiger partial charge < -0.3 is 5.32 Å². The molecule has 0 radical (unpaired) electrons. The van der Waals surface area contributed by atoms with E-state index in [0.29, 0.717) is 18.2 Å². The van der Waals surface area contributed by atoms with Crippen LogP contribution in [-0.2, 0) is 16.2 Å². The van der Waals surface area contributed by atoms with Crippen LogP contribution in [0.5, 0.6) is 0 Å². The van der Waals surface area contributed by atoms with Crippen molar-refractivity contribution in [2.24, 2.45) is 0 Å². The molecule has 0 saturated carbocycles. The molecule has 0 aliphatic carbocycles. The lowest BCUT2D eigenvalue weighted by atomic mass is 10.1. The summed E-state index contributed by atoms with van der Waals surface area (Å²) in [5.74, 6) is -4.69. The molecule has 12 heteroatoms. The van der Waals surface area contributed by atoms with E-state index in [1.807, 2.05) is 4.72 Å². The lowest BCUT2D eigenvalue weighted by Crippen LogP contribution is -2.18. The Morgan fingerprint density at radius 3 is 2.18 bits per heavy atom. The Kier molecular flexibility index (Phi) is 6.71. The summed E-state index contributed by atoms with van der Waals surface area (Å²) in [6.07, 6.45) is -4.72. The molecule has 0 atom stereocenters. The average molecular weight is 447 g/mol. The van der Waals surface area contributed by atoms with Crippen LogP contribution in [-0.4, -0.2) is 20.1 Å². The molecule has 2 rings (SSSR count). The van der Waals surface area contributed by atoms with Crippen LogP contribution in [0.3, 0.4) is 0 Å². The first-order valence-electron chi connectivity index (χ1n) is 7.63. The zero-order chi connectivity index (χ0) is 21.1. The van der Waals surface area contributed by atoms with Gasteiger partial charge in [-0.1, -0.05) is 0 Å². The van der Waals surface area contributed by atoms with E-state index in [0.717, 1.165) is 6.07 Å². The number of hydrogen-bond donors (Lipinski definition) is 2. The van der Waals surface area contributed by atoms with Crippen molar-refractivity contribution in [3.8, 4) is 0 Å². The molecule has 2 N–H and O–H groups in total. The molecular formula is C16H13ClF6N2O2S. The maximum atomic E-state index is 14.2. The highest BCUT2D eigenvalue weighted by Crippen LogP contribution is 2.35. The Balaban J connectivity index is 2.41. The van der Waals surface area contributed by atoms with Crippen LogP contribution in [0.4, 0.5) is 43.4 Å². The van der Waals surface area contributed by atoms with Gasteiger partial charge in [-0.25, -0.2) is 21.6 Å². The van der Waals surface area contributed by atoms with E-state index < -0.39 is 62.0 Å². The predicted octanol–water partition coefficient (Wildman–Crippen LogP) is 5.24. The van der Waals surface area contributed by atoms with Crippen LogP contribution in [0.1, 0.15) is 12.0 Å². The number of hydrogen-bond acceptors (Lipinski definition) is 3. The van der Waals surface area contributed by atoms with Gasteiger partial charge in [-0.2, -0.15) is 13.2 Å². The monoisotopic (exact) mass is 446 g/mol. The molecule has 0 bridgehead atoms. The Morgan fingerprint density at radius 1 is 0.964 bits per heavy atom. The van der Waals surface area contributed by atoms with Crippen LogP contribution < -0.4 is 10.0 Å². The van der Waals surface area contributed by atoms with Crippen LogP contribution in [0.15, 0.2) is 30.3 Å². The van der Waals surface area contributed by atoms with Gasteiger partial charge in [0, 0.05) is 5.88 Å². The molecule has 2 aromatic rings. The minimum Gasteiger partial charge on any atom is -0.349 e. The van der Waals surface area contributed by atoms with E-state index in [1.165, 1.54) is 0 Å². The second-order valence-corrected chi connectivity index (χ2v) is 7.78. The van der Waals surface area contributed by atoms with Crippen molar-refractivity contribution in [1.29, 1.82) is 0 Å². The number of alkyl halides is 4. The van der Waals surface area contributed by atoms with Crippen molar-refractivity contribution in [3.63, 3.8) is 0 Å². The second kappa shape index (κ2) is 8.48. The predicted molar refractivity (Wildman–Crippen MR) is 93.8 cm³/mol. The number of sulfonamides is 1. The highest BCUT2D eigenvalue weighted by molar-refractivity contribution is 7.92. The van der Waals surface area contributed by atoms with Crippen molar-refractivity contribution < 1.29 is 34.8 Å². The quantitative estimate of drug-likeness (QED) is 0.452. The summed E-state index contributed by atoms with van der Waals surface area (Å²) in [7, 11) is -3.98. The van der Waals surface area contributed by atoms with Crippen LogP contribution >= 0.6 is 11.6 Å². The highest BCUT2D eigenvalue weighted by atomic mass is 35.5. The number of halogens is 7. The van der Waals surface area contributed by atoms with Gasteiger partial charge in [-0.3, -0.25) is 4.72 Å². The van der Waals surface area contributed by atoms with Crippen molar-refractivity contribution in [3.05, 3.63) is 53.3 Å². The Bertz CT molecular complexity index is 966. The van der Waals surface area contributed by atoms with Crippen LogP contribution in [0.2, 0.25) is 0 Å². The lowest BCUT2D eigenvalue weighted by Gasteiger charge is -2.16. The van der Waals surface area contributed by atoms with Crippen molar-refractivity contribution in [1.82, 2.24) is 0 Å². The summed E-state index contributed by atoms with van der Waals surface area (Å²) in [4.78, 5) is 0. The number of anilines is 3. The molecule has 0 amide bonds. The highest BCUT2D eigenvalue weighted by Gasteiger charge is 2.31. The average Bonchev–Trinajstić information content (AvgIpc) is 2.60. The fourth-order valence-corrected chi connectivity index (χ4v) is 3.57. The van der Waals surface area contributed by atoms with Gasteiger partial charge in [-0.15, -0.1) is 11.6 Å². The zero-order valence-electron chi connectivity index (χ0n) is 13.9. The fourth-order valence-electron chi connectivity index (χ4n) is 2.15. The largest absolute Gasteiger partial charge is 0.416 e. The van der Waals surface area contributed by atoms with Gasteiger partial charge in [0.1, 0.15) is 11.5 Å². The maximum absolute atomic E-state index is 14.2. The van der Waals surface area contributed by atoms with Crippen molar-refractivity contribution in [2.75, 3.05) is 21.7 Å². The number of nitrogens with one attached hydrogen (secondary N) is 2. The van der Waals surface area contributed by atoms with Crippen LogP contribution in [0, 0.1) is 17.5 Å². The van der Waals surface area contributed by atoms with E-state index in [2.05, 4.69) is 5.32 Å². The maximum Gasteiger partial charge on any atom is 0.416 e. The first-order valence-corrected chi connectivity index (χ1v) is 9.81. The standard InChI is InChI=1S/C16H13ClF6N2O2S/c17-6-1-7-28(26,27)25-13-5-3-10(18)14(20)15(13)24-12-4-2-9(8-11(12)19)16(21,22)23/h2-5,8,24-25H,1,6-7H2. The molecule has 28 heavy (non-hydrogen) atoms. The fraction of sp³-hybridized carbons (Fsp3) is 0.250. The minimum absolute atomic E-state index is 0.0422. The van der Waals surface area contributed by atoms with E-state index in [-0.39, 0.29) is 18.4 Å². The molecule has 0 unspecified atom stereocenters. The summed E-state index contributed by atoms with van der Waals surface area (Å²) in [6.45, 7) is 0. The number of benzene rings is 2. The van der Waals surface area contributed by atoms with Gasteiger partial charge in [-0.05, 0) is 36.8 Å². The van der Waals surface area contributed by atoms with Gasteiger partial charge >= 0.3 is 6.18 Å². The SMILES string of the molecule is O=S(=O)(CCCCl)Nc1ccc(F)c(F)c1Nc1ccc(C(F)(F)F)cc1F. The molecule has 4 nitrogen and oxygen atoms in total. The third-order valence-electron chi connectivity index (χ3n) is 3.46. The first-order chi connectivity index (χ1) is 12.9. The smallest absolute Gasteiger partial charge is 0.349 e. The van der Waals surface area contributed by atoms with Crippen molar-refractivity contribution in [2.45, 2.75) is 12.6 Å². The summed E-state index contributed by atoms with van der Waals surface area (Å²) >= 11 is 5.42. The van der Waals surface area contributed by atoms with E-state index in [4.69, 9.17) is 11.6 Å². The molecule has 154 valence electrons. The summed E-state index contributed by atoms with van der Waals surface area (Å²) in [6, 6.07) is 2.91. The molecule has 2 aromatic carbocycles. The molecular weight excluding hydrogens is 434 g/mol. The molecule has 0 aliphatic heterocycles. The van der Waals surface area contributed by atoms with Crippen molar-refractivity contribution >= 4 is 38.7 Å². The zero-order valence-corrected chi connectivity index (χ0v) is 15.5. The molecule has 0 saturated heterocycles. The summed E-state index contributed by atoms with van der Waals surface area (Å²) in [5.41, 5.74) is -3.13. The Morgan fingerprint density at radius 2 is 1.61 bits per heavy atom. The number of rotatable bonds is 7. The van der Waals surface area contributed by atoms with E-state index >= 15 is 0 Å². The second-order valence-electron chi connectivity index (χ2n) is 5.56. The molecule has 0 spiro atoms. The minimum atomic E-state index is -4.80. The molecule has 0 aliphatic rings. The van der Waals surface area contributed by atoms with E-state index in [1.54, 1.807) is 0 Å². The molecule has 0 heterocycles. The van der Waals surface area contributed by atoms with Gasteiger partial charge in [0.2, 0.25) is 10.0 Å². The lowest BCUT2D eigenvalue weighted by molar-refractivity contribution is -0.137. The molecule has 0 fully saturated rings. The normalized spacial score (nSPS) is 12.1. The third kappa shape index (κ3) is 5.44. The summed E-state index contributed by atoms with van der Waals surface area (Å²) in [5, 5.41) is 2.10. The van der Waals surface area contributed by atoms with Gasteiger partial charge in [0.05, 0.1) is 22.7 Å². The van der Waals surface area contributed by atoms with E-state index in [9.17, 15) is 34.8 Å². The Labute approximate surface area is 161 Å². The van der Waals surface area contributed by atoms with Crippen LogP contribution in [0.25, 0.3) is 0 Å². The summed E-state index contributed by atoms with van der Waals surface area (Å²) < 4.78 is 106. The topological polar surface area (TPSA) is 58.2 Å².